The molecule has 0 spiro atoms. The van der Waals surface area contributed by atoms with Crippen molar-refractivity contribution in [3.05, 3.63) is 32.3 Å². The average molecular weight is 366 g/mol. The summed E-state index contributed by atoms with van der Waals surface area (Å²) in [6.07, 6.45) is 0. The third kappa shape index (κ3) is 3.98. The van der Waals surface area contributed by atoms with Gasteiger partial charge >= 0.3 is 0 Å². The van der Waals surface area contributed by atoms with Crippen LogP contribution in [-0.4, -0.2) is 33.0 Å². The molecule has 0 heterocycles. The summed E-state index contributed by atoms with van der Waals surface area (Å²) in [5, 5.41) is 13.8. The van der Waals surface area contributed by atoms with Gasteiger partial charge < -0.3 is 5.32 Å². The van der Waals surface area contributed by atoms with Crippen molar-refractivity contribution in [2.45, 2.75) is 24.8 Å². The molecule has 0 amide bonds. The van der Waals surface area contributed by atoms with E-state index in [1.165, 1.54) is 6.07 Å². The van der Waals surface area contributed by atoms with Crippen LogP contribution in [0.15, 0.2) is 21.5 Å². The molecule has 1 aromatic carbocycles. The van der Waals surface area contributed by atoms with Gasteiger partial charge in [-0.25, -0.2) is 13.1 Å². The first-order valence-electron chi connectivity index (χ1n) is 5.80. The number of rotatable bonds is 6. The minimum absolute atomic E-state index is 0.0475. The van der Waals surface area contributed by atoms with Gasteiger partial charge in [-0.1, -0.05) is 15.9 Å². The molecule has 0 saturated heterocycles. The van der Waals surface area contributed by atoms with E-state index < -0.39 is 14.9 Å². The summed E-state index contributed by atoms with van der Waals surface area (Å²) >= 11 is 3.14. The molecule has 0 aliphatic carbocycles. The third-order valence-corrected chi connectivity index (χ3v) is 5.10. The van der Waals surface area contributed by atoms with E-state index in [9.17, 15) is 18.5 Å². The second kappa shape index (κ2) is 6.61. The Morgan fingerprint density at radius 1 is 1.45 bits per heavy atom. The highest BCUT2D eigenvalue weighted by Crippen LogP contribution is 2.29. The number of hydrogen-bond acceptors (Lipinski definition) is 5. The Morgan fingerprint density at radius 3 is 2.55 bits per heavy atom. The molecule has 0 aromatic heterocycles. The third-order valence-electron chi connectivity index (χ3n) is 2.87. The van der Waals surface area contributed by atoms with E-state index in [4.69, 9.17) is 0 Å². The van der Waals surface area contributed by atoms with Crippen LogP contribution in [0.3, 0.4) is 0 Å². The minimum Gasteiger partial charge on any atom is -0.316 e. The van der Waals surface area contributed by atoms with Gasteiger partial charge in [0.2, 0.25) is 10.0 Å². The molecule has 2 N–H and O–H groups in total. The maximum Gasteiger partial charge on any atom is 0.274 e. The van der Waals surface area contributed by atoms with Gasteiger partial charge in [-0.05, 0) is 27.0 Å². The number of nitrogens with zero attached hydrogens (tertiary/aromatic N) is 1. The first-order valence-corrected chi connectivity index (χ1v) is 8.08. The van der Waals surface area contributed by atoms with Crippen LogP contribution in [-0.2, 0) is 10.0 Å². The van der Waals surface area contributed by atoms with Gasteiger partial charge in [-0.15, -0.1) is 0 Å². The Bertz CT molecular complexity index is 618. The fourth-order valence-corrected chi connectivity index (χ4v) is 3.18. The summed E-state index contributed by atoms with van der Waals surface area (Å²) in [5.41, 5.74) is 0.152. The fourth-order valence-electron chi connectivity index (χ4n) is 1.41. The lowest BCUT2D eigenvalue weighted by atomic mass is 10.2. The van der Waals surface area contributed by atoms with Crippen molar-refractivity contribution in [1.29, 1.82) is 0 Å². The molecule has 20 heavy (non-hydrogen) atoms. The molecule has 0 aliphatic rings. The van der Waals surface area contributed by atoms with Gasteiger partial charge in [-0.3, -0.25) is 10.1 Å². The number of hydrogen-bond donors (Lipinski definition) is 2. The molecule has 0 radical (unpaired) electrons. The molecule has 0 aliphatic heterocycles. The van der Waals surface area contributed by atoms with Crippen LogP contribution < -0.4 is 10.0 Å². The van der Waals surface area contributed by atoms with Crippen LogP contribution in [0.1, 0.15) is 12.5 Å². The van der Waals surface area contributed by atoms with Crippen molar-refractivity contribution >= 4 is 31.6 Å². The molecular formula is C11H16BrN3O4S. The number of sulfonamides is 1. The Labute approximate surface area is 126 Å². The van der Waals surface area contributed by atoms with Gasteiger partial charge in [0.1, 0.15) is 0 Å². The SMILES string of the molecule is CNC(C)CNS(=O)(=O)c1cc(Br)c(C)c([N+](=O)[O-])c1. The zero-order valence-electron chi connectivity index (χ0n) is 11.3. The number of nitrogens with one attached hydrogen (secondary N) is 2. The van der Waals surface area contributed by atoms with E-state index in [-0.39, 0.29) is 23.2 Å². The van der Waals surface area contributed by atoms with Crippen LogP contribution in [0.25, 0.3) is 0 Å². The van der Waals surface area contributed by atoms with Crippen molar-refractivity contribution in [2.24, 2.45) is 0 Å². The molecule has 1 rings (SSSR count). The quantitative estimate of drug-likeness (QED) is 0.588. The Kier molecular flexibility index (Phi) is 5.63. The fraction of sp³-hybridized carbons (Fsp3) is 0.455. The number of likely N-dealkylation sites (N-methyl/N-ethyl adjacent to an activating group) is 1. The lowest BCUT2D eigenvalue weighted by Crippen LogP contribution is -2.37. The summed E-state index contributed by atoms with van der Waals surface area (Å²) in [7, 11) is -2.07. The average Bonchev–Trinajstić information content (AvgIpc) is 2.38. The molecule has 1 atom stereocenters. The van der Waals surface area contributed by atoms with Gasteiger partial charge in [0.25, 0.3) is 5.69 Å². The first kappa shape index (κ1) is 17.0. The second-order valence-electron chi connectivity index (χ2n) is 4.35. The van der Waals surface area contributed by atoms with E-state index in [2.05, 4.69) is 26.0 Å². The molecule has 0 bridgehead atoms. The lowest BCUT2D eigenvalue weighted by Gasteiger charge is -2.12. The van der Waals surface area contributed by atoms with Crippen LogP contribution in [0, 0.1) is 17.0 Å². The van der Waals surface area contributed by atoms with Gasteiger partial charge in [0.15, 0.2) is 0 Å². The largest absolute Gasteiger partial charge is 0.316 e. The topological polar surface area (TPSA) is 101 Å². The van der Waals surface area contributed by atoms with Crippen molar-refractivity contribution in [3.63, 3.8) is 0 Å². The molecular weight excluding hydrogens is 350 g/mol. The Morgan fingerprint density at radius 2 is 2.05 bits per heavy atom. The second-order valence-corrected chi connectivity index (χ2v) is 6.97. The van der Waals surface area contributed by atoms with Gasteiger partial charge in [-0.2, -0.15) is 0 Å². The van der Waals surface area contributed by atoms with Gasteiger partial charge in [0, 0.05) is 28.7 Å². The number of benzene rings is 1. The van der Waals surface area contributed by atoms with Crippen LogP contribution in [0.2, 0.25) is 0 Å². The monoisotopic (exact) mass is 365 g/mol. The highest BCUT2D eigenvalue weighted by atomic mass is 79.9. The first-order chi connectivity index (χ1) is 9.19. The van der Waals surface area contributed by atoms with Crippen molar-refractivity contribution in [2.75, 3.05) is 13.6 Å². The van der Waals surface area contributed by atoms with E-state index in [0.717, 1.165) is 6.07 Å². The van der Waals surface area contributed by atoms with Crippen molar-refractivity contribution < 1.29 is 13.3 Å². The molecule has 112 valence electrons. The van der Waals surface area contributed by atoms with Crippen LogP contribution >= 0.6 is 15.9 Å². The minimum atomic E-state index is -3.79. The molecule has 0 fully saturated rings. The molecule has 0 saturated carbocycles. The lowest BCUT2D eigenvalue weighted by molar-refractivity contribution is -0.385. The number of nitro groups is 1. The smallest absolute Gasteiger partial charge is 0.274 e. The molecule has 7 nitrogen and oxygen atoms in total. The van der Waals surface area contributed by atoms with E-state index in [1.54, 1.807) is 14.0 Å². The Balaban J connectivity index is 3.16. The van der Waals surface area contributed by atoms with Crippen molar-refractivity contribution in [3.8, 4) is 0 Å². The summed E-state index contributed by atoms with van der Waals surface area (Å²) in [6, 6.07) is 2.37. The number of nitro benzene ring substituents is 1. The van der Waals surface area contributed by atoms with E-state index in [0.29, 0.717) is 10.0 Å². The maximum atomic E-state index is 12.1. The Hall–Kier alpha value is -1.03. The highest BCUT2D eigenvalue weighted by Gasteiger charge is 2.22. The summed E-state index contributed by atoms with van der Waals surface area (Å²) in [4.78, 5) is 10.2. The molecule has 9 heteroatoms. The highest BCUT2D eigenvalue weighted by molar-refractivity contribution is 9.10. The summed E-state index contributed by atoms with van der Waals surface area (Å²) < 4.78 is 27.0. The van der Waals surface area contributed by atoms with Crippen LogP contribution in [0.5, 0.6) is 0 Å². The normalized spacial score (nSPS) is 13.2. The molecule has 1 unspecified atom stereocenters. The van der Waals surface area contributed by atoms with E-state index in [1.807, 2.05) is 6.92 Å². The predicted molar refractivity (Wildman–Crippen MR) is 79.2 cm³/mol. The molecule has 1 aromatic rings. The maximum absolute atomic E-state index is 12.1. The number of halogens is 1. The van der Waals surface area contributed by atoms with Crippen LogP contribution in [0.4, 0.5) is 5.69 Å². The zero-order valence-corrected chi connectivity index (χ0v) is 13.7. The van der Waals surface area contributed by atoms with Gasteiger partial charge in [0.05, 0.1) is 9.82 Å². The van der Waals surface area contributed by atoms with E-state index >= 15 is 0 Å². The van der Waals surface area contributed by atoms with Crippen molar-refractivity contribution in [1.82, 2.24) is 10.0 Å². The zero-order chi connectivity index (χ0) is 15.5. The predicted octanol–water partition coefficient (Wildman–Crippen LogP) is 1.55. The summed E-state index contributed by atoms with van der Waals surface area (Å²) in [5.74, 6) is 0. The standard InChI is InChI=1S/C11H16BrN3O4S/c1-7(13-3)6-14-20(18,19)9-4-10(12)8(2)11(5-9)15(16)17/h4-5,7,13-14H,6H2,1-3H3. The summed E-state index contributed by atoms with van der Waals surface area (Å²) in [6.45, 7) is 3.56.